The average Bonchev–Trinajstić information content (AvgIpc) is 2.53. The molecule has 0 bridgehead atoms. The van der Waals surface area contributed by atoms with Crippen molar-refractivity contribution in [2.75, 3.05) is 5.75 Å². The molecule has 0 atom stereocenters. The molecule has 2 aromatic rings. The molecule has 0 aliphatic heterocycles. The third kappa shape index (κ3) is 5.50. The van der Waals surface area contributed by atoms with Crippen LogP contribution >= 0.6 is 11.6 Å². The molecule has 0 aliphatic rings. The number of alkyl halides is 1. The summed E-state index contributed by atoms with van der Waals surface area (Å²) in [6.07, 6.45) is 0.515. The second-order valence-corrected chi connectivity index (χ2v) is 7.02. The van der Waals surface area contributed by atoms with E-state index in [9.17, 15) is 8.42 Å². The topological polar surface area (TPSA) is 46.2 Å². The number of benzene rings is 2. The summed E-state index contributed by atoms with van der Waals surface area (Å²) in [6, 6.07) is 17.2. The van der Waals surface area contributed by atoms with E-state index in [0.29, 0.717) is 18.8 Å². The predicted octanol–water partition coefficient (Wildman–Crippen LogP) is 3.09. The van der Waals surface area contributed by atoms with Crippen LogP contribution in [-0.2, 0) is 28.9 Å². The number of sulfonamides is 1. The molecule has 21 heavy (non-hydrogen) atoms. The first kappa shape index (κ1) is 16.0. The van der Waals surface area contributed by atoms with Crippen molar-refractivity contribution in [2.45, 2.75) is 18.8 Å². The van der Waals surface area contributed by atoms with Gasteiger partial charge < -0.3 is 0 Å². The SMILES string of the molecule is O=S(=O)(CCc1ccccc1)NCc1ccc(CCl)cc1. The van der Waals surface area contributed by atoms with Gasteiger partial charge in [-0.1, -0.05) is 54.6 Å². The van der Waals surface area contributed by atoms with Crippen molar-refractivity contribution < 1.29 is 8.42 Å². The van der Waals surface area contributed by atoms with E-state index in [2.05, 4.69) is 4.72 Å². The van der Waals surface area contributed by atoms with Crippen LogP contribution in [0.5, 0.6) is 0 Å². The number of nitrogens with one attached hydrogen (secondary N) is 1. The quantitative estimate of drug-likeness (QED) is 0.796. The Balaban J connectivity index is 1.85. The first-order chi connectivity index (χ1) is 10.1. The molecule has 0 saturated carbocycles. The van der Waals surface area contributed by atoms with Crippen LogP contribution in [0.4, 0.5) is 0 Å². The van der Waals surface area contributed by atoms with Gasteiger partial charge in [-0.15, -0.1) is 11.6 Å². The van der Waals surface area contributed by atoms with Gasteiger partial charge in [-0.2, -0.15) is 0 Å². The van der Waals surface area contributed by atoms with Crippen molar-refractivity contribution >= 4 is 21.6 Å². The first-order valence-corrected chi connectivity index (χ1v) is 8.93. The summed E-state index contributed by atoms with van der Waals surface area (Å²) in [4.78, 5) is 0. The van der Waals surface area contributed by atoms with Gasteiger partial charge in [0.1, 0.15) is 0 Å². The minimum absolute atomic E-state index is 0.0940. The third-order valence-corrected chi connectivity index (χ3v) is 4.81. The molecule has 0 radical (unpaired) electrons. The highest BCUT2D eigenvalue weighted by Crippen LogP contribution is 2.07. The minimum Gasteiger partial charge on any atom is -0.212 e. The highest BCUT2D eigenvalue weighted by molar-refractivity contribution is 7.89. The fraction of sp³-hybridized carbons (Fsp3) is 0.250. The molecule has 0 amide bonds. The molecular weight excluding hydrogens is 306 g/mol. The third-order valence-electron chi connectivity index (χ3n) is 3.18. The number of hydrogen-bond acceptors (Lipinski definition) is 2. The lowest BCUT2D eigenvalue weighted by atomic mass is 10.1. The summed E-state index contributed by atoms with van der Waals surface area (Å²) in [6.45, 7) is 0.305. The van der Waals surface area contributed by atoms with Gasteiger partial charge in [-0.25, -0.2) is 13.1 Å². The molecule has 0 aromatic heterocycles. The molecule has 0 saturated heterocycles. The number of rotatable bonds is 7. The van der Waals surface area contributed by atoms with E-state index in [-0.39, 0.29) is 5.75 Å². The molecule has 0 heterocycles. The fourth-order valence-corrected chi connectivity index (χ4v) is 3.12. The Labute approximate surface area is 131 Å². The van der Waals surface area contributed by atoms with Crippen LogP contribution in [0.25, 0.3) is 0 Å². The zero-order valence-electron chi connectivity index (χ0n) is 11.6. The zero-order valence-corrected chi connectivity index (χ0v) is 13.2. The normalized spacial score (nSPS) is 11.5. The van der Waals surface area contributed by atoms with E-state index in [4.69, 9.17) is 11.6 Å². The Kier molecular flexibility index (Phi) is 5.79. The van der Waals surface area contributed by atoms with Gasteiger partial charge in [0.05, 0.1) is 5.75 Å². The van der Waals surface area contributed by atoms with E-state index in [1.807, 2.05) is 54.6 Å². The standard InChI is InChI=1S/C16H18ClNO2S/c17-12-15-6-8-16(9-7-15)13-18-21(19,20)11-10-14-4-2-1-3-5-14/h1-9,18H,10-13H2. The largest absolute Gasteiger partial charge is 0.212 e. The van der Waals surface area contributed by atoms with Crippen molar-refractivity contribution in [1.29, 1.82) is 0 Å². The molecular formula is C16H18ClNO2S. The minimum atomic E-state index is -3.27. The van der Waals surface area contributed by atoms with Gasteiger partial charge in [0.2, 0.25) is 10.0 Å². The number of hydrogen-bond donors (Lipinski definition) is 1. The summed E-state index contributed by atoms with van der Waals surface area (Å²) >= 11 is 5.72. The zero-order chi connectivity index (χ0) is 15.1. The maximum Gasteiger partial charge on any atom is 0.212 e. The number of halogens is 1. The van der Waals surface area contributed by atoms with Crippen LogP contribution in [0.1, 0.15) is 16.7 Å². The molecule has 5 heteroatoms. The van der Waals surface area contributed by atoms with E-state index < -0.39 is 10.0 Å². The van der Waals surface area contributed by atoms with Crippen LogP contribution in [0.15, 0.2) is 54.6 Å². The van der Waals surface area contributed by atoms with Gasteiger partial charge >= 0.3 is 0 Å². The lowest BCUT2D eigenvalue weighted by Crippen LogP contribution is -2.26. The second kappa shape index (κ2) is 7.59. The lowest BCUT2D eigenvalue weighted by molar-refractivity contribution is 0.580. The maximum atomic E-state index is 12.0. The maximum absolute atomic E-state index is 12.0. The van der Waals surface area contributed by atoms with Crippen LogP contribution < -0.4 is 4.72 Å². The van der Waals surface area contributed by atoms with Crippen molar-refractivity contribution in [3.63, 3.8) is 0 Å². The monoisotopic (exact) mass is 323 g/mol. The predicted molar refractivity (Wildman–Crippen MR) is 86.8 cm³/mol. The Morgan fingerprint density at radius 3 is 2.10 bits per heavy atom. The Bertz CT molecular complexity index is 654. The van der Waals surface area contributed by atoms with Crippen LogP contribution in [0.3, 0.4) is 0 Å². The summed E-state index contributed by atoms with van der Waals surface area (Å²) in [5.74, 6) is 0.555. The van der Waals surface area contributed by atoms with Gasteiger partial charge in [0.25, 0.3) is 0 Å². The first-order valence-electron chi connectivity index (χ1n) is 6.74. The highest BCUT2D eigenvalue weighted by Gasteiger charge is 2.10. The van der Waals surface area contributed by atoms with E-state index in [0.717, 1.165) is 16.7 Å². The molecule has 1 N–H and O–H groups in total. The highest BCUT2D eigenvalue weighted by atomic mass is 35.5. The summed E-state index contributed by atoms with van der Waals surface area (Å²) in [5, 5.41) is 0. The van der Waals surface area contributed by atoms with E-state index >= 15 is 0 Å². The molecule has 2 rings (SSSR count). The molecule has 3 nitrogen and oxygen atoms in total. The molecule has 0 spiro atoms. The fourth-order valence-electron chi connectivity index (χ4n) is 1.91. The van der Waals surface area contributed by atoms with Crippen molar-refractivity contribution in [3.8, 4) is 0 Å². The average molecular weight is 324 g/mol. The lowest BCUT2D eigenvalue weighted by Gasteiger charge is -2.07. The van der Waals surface area contributed by atoms with Crippen LogP contribution in [-0.4, -0.2) is 14.2 Å². The Morgan fingerprint density at radius 2 is 1.48 bits per heavy atom. The van der Waals surface area contributed by atoms with Gasteiger partial charge in [-0.05, 0) is 23.1 Å². The molecule has 0 fully saturated rings. The van der Waals surface area contributed by atoms with E-state index in [1.54, 1.807) is 0 Å². The molecule has 112 valence electrons. The summed E-state index contributed by atoms with van der Waals surface area (Å²) in [5.41, 5.74) is 2.97. The summed E-state index contributed by atoms with van der Waals surface area (Å²) in [7, 11) is -3.27. The second-order valence-electron chi connectivity index (χ2n) is 4.83. The van der Waals surface area contributed by atoms with Crippen molar-refractivity contribution in [2.24, 2.45) is 0 Å². The van der Waals surface area contributed by atoms with Crippen molar-refractivity contribution in [3.05, 3.63) is 71.3 Å². The Morgan fingerprint density at radius 1 is 0.857 bits per heavy atom. The van der Waals surface area contributed by atoms with Crippen molar-refractivity contribution in [1.82, 2.24) is 4.72 Å². The number of aryl methyl sites for hydroxylation is 1. The van der Waals surface area contributed by atoms with Gasteiger partial charge in [-0.3, -0.25) is 0 Å². The van der Waals surface area contributed by atoms with Crippen LogP contribution in [0.2, 0.25) is 0 Å². The smallest absolute Gasteiger partial charge is 0.212 e. The molecule has 0 unspecified atom stereocenters. The van der Waals surface area contributed by atoms with Gasteiger partial charge in [0, 0.05) is 12.4 Å². The molecule has 2 aromatic carbocycles. The van der Waals surface area contributed by atoms with Crippen LogP contribution in [0, 0.1) is 0 Å². The Hall–Kier alpha value is -1.36. The van der Waals surface area contributed by atoms with E-state index in [1.165, 1.54) is 0 Å². The summed E-state index contributed by atoms with van der Waals surface area (Å²) < 4.78 is 26.6. The van der Waals surface area contributed by atoms with Gasteiger partial charge in [0.15, 0.2) is 0 Å². The molecule has 0 aliphatic carbocycles.